The maximum absolute atomic E-state index is 11.8. The van der Waals surface area contributed by atoms with Gasteiger partial charge in [0.1, 0.15) is 15.4 Å². The number of alkyl carbamates (subject to hydrolysis) is 1. The van der Waals surface area contributed by atoms with E-state index in [0.29, 0.717) is 12.8 Å². The first-order valence-corrected chi connectivity index (χ1v) is 9.58. The molecule has 0 unspecified atom stereocenters. The highest BCUT2D eigenvalue weighted by Crippen LogP contribution is 2.28. The van der Waals surface area contributed by atoms with Crippen molar-refractivity contribution in [1.82, 2.24) is 5.32 Å². The molecule has 1 N–H and O–H groups in total. The Morgan fingerprint density at radius 2 is 1.70 bits per heavy atom. The fourth-order valence-electron chi connectivity index (χ4n) is 2.60. The van der Waals surface area contributed by atoms with Crippen LogP contribution in [-0.2, 0) is 24.1 Å². The summed E-state index contributed by atoms with van der Waals surface area (Å²) >= 11 is 0. The minimum Gasteiger partial charge on any atom is -0.469 e. The van der Waals surface area contributed by atoms with Gasteiger partial charge in [0.05, 0.1) is 18.6 Å². The molecule has 1 saturated heterocycles. The number of rotatable bonds is 4. The number of amides is 1. The number of ether oxygens (including phenoxy) is 2. The summed E-state index contributed by atoms with van der Waals surface area (Å²) < 4.78 is 33.5. The predicted octanol–water partition coefficient (Wildman–Crippen LogP) is 1.52. The van der Waals surface area contributed by atoms with Crippen LogP contribution >= 0.6 is 0 Å². The molecule has 0 aromatic heterocycles. The number of esters is 1. The molecule has 1 aliphatic heterocycles. The van der Waals surface area contributed by atoms with Gasteiger partial charge in [-0.25, -0.2) is 13.2 Å². The molecule has 23 heavy (non-hydrogen) atoms. The zero-order valence-electron chi connectivity index (χ0n) is 14.3. The highest BCUT2D eigenvalue weighted by Gasteiger charge is 2.31. The van der Waals surface area contributed by atoms with E-state index in [-0.39, 0.29) is 42.3 Å². The molecule has 0 spiro atoms. The molecule has 0 radical (unpaired) electrons. The number of hydrogen-bond donors (Lipinski definition) is 1. The van der Waals surface area contributed by atoms with Gasteiger partial charge in [0.25, 0.3) is 0 Å². The van der Waals surface area contributed by atoms with Crippen molar-refractivity contribution in [3.8, 4) is 0 Å². The van der Waals surface area contributed by atoms with E-state index in [0.717, 1.165) is 0 Å². The van der Waals surface area contributed by atoms with Crippen LogP contribution in [0.1, 0.15) is 40.0 Å². The first-order valence-electron chi connectivity index (χ1n) is 7.76. The van der Waals surface area contributed by atoms with Gasteiger partial charge in [0, 0.05) is 13.0 Å². The molecule has 8 heteroatoms. The lowest BCUT2D eigenvalue weighted by atomic mass is 9.85. The van der Waals surface area contributed by atoms with Crippen LogP contribution in [0.3, 0.4) is 0 Å². The van der Waals surface area contributed by atoms with Crippen LogP contribution in [0.5, 0.6) is 0 Å². The van der Waals surface area contributed by atoms with Crippen LogP contribution < -0.4 is 5.32 Å². The molecule has 1 aliphatic rings. The lowest BCUT2D eigenvalue weighted by molar-refractivity contribution is -0.142. The Morgan fingerprint density at radius 3 is 2.22 bits per heavy atom. The van der Waals surface area contributed by atoms with Gasteiger partial charge in [-0.2, -0.15) is 0 Å². The lowest BCUT2D eigenvalue weighted by Crippen LogP contribution is -2.37. The summed E-state index contributed by atoms with van der Waals surface area (Å²) in [5.74, 6) is -0.451. The zero-order valence-corrected chi connectivity index (χ0v) is 15.1. The number of nitrogens with one attached hydrogen (secondary N) is 1. The van der Waals surface area contributed by atoms with Gasteiger partial charge in [-0.1, -0.05) is 0 Å². The van der Waals surface area contributed by atoms with Crippen LogP contribution in [0.25, 0.3) is 0 Å². The van der Waals surface area contributed by atoms with E-state index in [2.05, 4.69) is 10.1 Å². The highest BCUT2D eigenvalue weighted by atomic mass is 32.2. The van der Waals surface area contributed by atoms with Crippen molar-refractivity contribution in [3.63, 3.8) is 0 Å². The van der Waals surface area contributed by atoms with Crippen LogP contribution in [0.4, 0.5) is 4.79 Å². The smallest absolute Gasteiger partial charge is 0.407 e. The Bertz CT molecular complexity index is 523. The van der Waals surface area contributed by atoms with Crippen LogP contribution in [-0.4, -0.2) is 51.2 Å². The quantitative estimate of drug-likeness (QED) is 0.773. The molecule has 134 valence electrons. The van der Waals surface area contributed by atoms with Gasteiger partial charge < -0.3 is 14.8 Å². The van der Waals surface area contributed by atoms with Gasteiger partial charge in [-0.15, -0.1) is 0 Å². The fourth-order valence-corrected chi connectivity index (χ4v) is 4.13. The third-order valence-corrected chi connectivity index (χ3v) is 5.55. The minimum absolute atomic E-state index is 0.0671. The van der Waals surface area contributed by atoms with Crippen molar-refractivity contribution in [3.05, 3.63) is 0 Å². The van der Waals surface area contributed by atoms with E-state index in [1.807, 2.05) is 0 Å². The van der Waals surface area contributed by atoms with Crippen molar-refractivity contribution in [2.75, 3.05) is 25.2 Å². The lowest BCUT2D eigenvalue weighted by Gasteiger charge is -2.25. The SMILES string of the molecule is COC(=O)C[C@H]1CCS(=O)(=O)CC[C@H]1CNC(=O)OC(C)(C)C. The molecule has 0 saturated carbocycles. The number of methoxy groups -OCH3 is 1. The third-order valence-electron chi connectivity index (χ3n) is 3.83. The predicted molar refractivity (Wildman–Crippen MR) is 85.7 cm³/mol. The van der Waals surface area contributed by atoms with Crippen molar-refractivity contribution in [2.45, 2.75) is 45.6 Å². The van der Waals surface area contributed by atoms with Gasteiger partial charge in [-0.3, -0.25) is 4.79 Å². The molecule has 0 aromatic carbocycles. The summed E-state index contributed by atoms with van der Waals surface area (Å²) in [5.41, 5.74) is -0.595. The first-order chi connectivity index (χ1) is 10.5. The Morgan fingerprint density at radius 1 is 1.13 bits per heavy atom. The number of carbonyl (C=O) groups is 2. The first kappa shape index (κ1) is 19.7. The van der Waals surface area contributed by atoms with E-state index in [1.165, 1.54) is 7.11 Å². The Balaban J connectivity index is 2.69. The van der Waals surface area contributed by atoms with Crippen LogP contribution in [0, 0.1) is 11.8 Å². The normalized spacial score (nSPS) is 24.3. The highest BCUT2D eigenvalue weighted by molar-refractivity contribution is 7.91. The Kier molecular flexibility index (Phi) is 6.85. The number of carbonyl (C=O) groups excluding carboxylic acids is 2. The Hall–Kier alpha value is -1.31. The summed E-state index contributed by atoms with van der Waals surface area (Å²) in [6.07, 6.45) is 0.436. The summed E-state index contributed by atoms with van der Waals surface area (Å²) in [6.45, 7) is 5.59. The van der Waals surface area contributed by atoms with Gasteiger partial charge in [0.2, 0.25) is 0 Å². The summed E-state index contributed by atoms with van der Waals surface area (Å²) in [5, 5.41) is 2.68. The molecule has 1 fully saturated rings. The Labute approximate surface area is 138 Å². The zero-order chi connectivity index (χ0) is 17.7. The molecule has 1 rings (SSSR count). The van der Waals surface area contributed by atoms with Gasteiger partial charge >= 0.3 is 12.1 Å². The number of hydrogen-bond acceptors (Lipinski definition) is 6. The summed E-state index contributed by atoms with van der Waals surface area (Å²) in [7, 11) is -1.78. The standard InChI is InChI=1S/C15H27NO6S/c1-15(2,3)22-14(18)16-10-12-6-8-23(19,20)7-5-11(12)9-13(17)21-4/h11-12H,5-10H2,1-4H3,(H,16,18)/t11-,12+/m1/s1. The summed E-state index contributed by atoms with van der Waals surface area (Å²) in [6, 6.07) is 0. The van der Waals surface area contributed by atoms with E-state index in [9.17, 15) is 18.0 Å². The number of sulfone groups is 1. The average Bonchev–Trinajstić information content (AvgIpc) is 2.54. The molecule has 2 atom stereocenters. The second-order valence-electron chi connectivity index (χ2n) is 6.91. The van der Waals surface area contributed by atoms with Crippen LogP contribution in [0.2, 0.25) is 0 Å². The fraction of sp³-hybridized carbons (Fsp3) is 0.867. The molecule has 7 nitrogen and oxygen atoms in total. The molecule has 1 amide bonds. The third kappa shape index (κ3) is 7.67. The monoisotopic (exact) mass is 349 g/mol. The topological polar surface area (TPSA) is 98.8 Å². The van der Waals surface area contributed by atoms with Gasteiger partial charge in [-0.05, 0) is 45.4 Å². The van der Waals surface area contributed by atoms with Crippen molar-refractivity contribution < 1.29 is 27.5 Å². The van der Waals surface area contributed by atoms with Crippen molar-refractivity contribution in [1.29, 1.82) is 0 Å². The second kappa shape index (κ2) is 7.99. The summed E-state index contributed by atoms with van der Waals surface area (Å²) in [4.78, 5) is 23.3. The van der Waals surface area contributed by atoms with E-state index in [1.54, 1.807) is 20.8 Å². The molecule has 1 heterocycles. The molecule has 0 aliphatic carbocycles. The van der Waals surface area contributed by atoms with E-state index >= 15 is 0 Å². The minimum atomic E-state index is -3.09. The van der Waals surface area contributed by atoms with E-state index in [4.69, 9.17) is 4.74 Å². The van der Waals surface area contributed by atoms with Crippen molar-refractivity contribution in [2.24, 2.45) is 11.8 Å². The molecule has 0 bridgehead atoms. The largest absolute Gasteiger partial charge is 0.469 e. The second-order valence-corrected chi connectivity index (χ2v) is 9.22. The van der Waals surface area contributed by atoms with Crippen molar-refractivity contribution >= 4 is 21.9 Å². The molecular formula is C15H27NO6S. The molecular weight excluding hydrogens is 322 g/mol. The molecule has 0 aromatic rings. The van der Waals surface area contributed by atoms with Crippen LogP contribution in [0.15, 0.2) is 0 Å². The maximum atomic E-state index is 11.8. The van der Waals surface area contributed by atoms with Gasteiger partial charge in [0.15, 0.2) is 0 Å². The van der Waals surface area contributed by atoms with E-state index < -0.39 is 21.5 Å². The average molecular weight is 349 g/mol. The maximum Gasteiger partial charge on any atom is 0.407 e.